The molecular formula is C16H13ClF3N3O4S. The molecule has 12 heteroatoms. The Morgan fingerprint density at radius 3 is 2.43 bits per heavy atom. The van der Waals surface area contributed by atoms with Gasteiger partial charge in [-0.1, -0.05) is 23.7 Å². The number of hydrogen-bond acceptors (Lipinski definition) is 5. The van der Waals surface area contributed by atoms with Crippen molar-refractivity contribution in [3.8, 4) is 0 Å². The van der Waals surface area contributed by atoms with Gasteiger partial charge in [-0.25, -0.2) is 13.4 Å². The van der Waals surface area contributed by atoms with Crippen molar-refractivity contribution in [1.29, 1.82) is 0 Å². The Morgan fingerprint density at radius 1 is 1.18 bits per heavy atom. The van der Waals surface area contributed by atoms with Crippen molar-refractivity contribution < 1.29 is 31.2 Å². The fourth-order valence-corrected chi connectivity index (χ4v) is 3.17. The number of nitrogens with one attached hydrogen (secondary N) is 1. The molecule has 0 radical (unpaired) electrons. The quantitative estimate of drug-likeness (QED) is 0.779. The van der Waals surface area contributed by atoms with E-state index in [2.05, 4.69) is 10.3 Å². The second-order valence-electron chi connectivity index (χ2n) is 5.49. The average molecular weight is 436 g/mol. The van der Waals surface area contributed by atoms with Crippen LogP contribution in [0.1, 0.15) is 10.4 Å². The van der Waals surface area contributed by atoms with Crippen LogP contribution in [-0.4, -0.2) is 49.2 Å². The van der Waals surface area contributed by atoms with Gasteiger partial charge in [0.1, 0.15) is 0 Å². The number of para-hydroxylation sites is 1. The number of rotatable bonds is 5. The molecule has 0 spiro atoms. The number of carbonyl (C=O) groups is 2. The number of nitrogens with zero attached hydrogens (tertiary/aromatic N) is 2. The molecule has 2 amide bonds. The maximum atomic E-state index is 12.8. The van der Waals surface area contributed by atoms with Gasteiger partial charge < -0.3 is 10.2 Å². The SMILES string of the molecule is CN(CC(=O)Nc1ccccc1Cl)C(=O)c1cccnc1S(=O)(=O)C(F)(F)F. The Balaban J connectivity index is 2.23. The lowest BCUT2D eigenvalue weighted by Crippen LogP contribution is -2.36. The second-order valence-corrected chi connectivity index (χ2v) is 7.76. The Morgan fingerprint density at radius 2 is 1.82 bits per heavy atom. The Hall–Kier alpha value is -2.66. The number of alkyl halides is 3. The molecule has 0 bridgehead atoms. The van der Waals surface area contributed by atoms with Crippen LogP contribution < -0.4 is 5.32 Å². The third-order valence-electron chi connectivity index (χ3n) is 3.44. The first-order valence-corrected chi connectivity index (χ1v) is 9.37. The number of likely N-dealkylation sites (N-methyl/N-ethyl adjacent to an activating group) is 1. The molecule has 0 aliphatic rings. The van der Waals surface area contributed by atoms with Crippen molar-refractivity contribution >= 4 is 38.9 Å². The van der Waals surface area contributed by atoms with E-state index in [4.69, 9.17) is 11.6 Å². The van der Waals surface area contributed by atoms with Gasteiger partial charge in [0.05, 0.1) is 22.8 Å². The van der Waals surface area contributed by atoms with Crippen molar-refractivity contribution in [3.63, 3.8) is 0 Å². The van der Waals surface area contributed by atoms with E-state index in [9.17, 15) is 31.2 Å². The highest BCUT2D eigenvalue weighted by Crippen LogP contribution is 2.31. The van der Waals surface area contributed by atoms with Crippen LogP contribution in [-0.2, 0) is 14.6 Å². The fourth-order valence-electron chi connectivity index (χ4n) is 2.12. The Kier molecular flexibility index (Phi) is 6.30. The summed E-state index contributed by atoms with van der Waals surface area (Å²) in [5.41, 5.74) is -6.15. The molecule has 2 aromatic rings. The summed E-state index contributed by atoms with van der Waals surface area (Å²) in [5.74, 6) is -1.81. The zero-order valence-corrected chi connectivity index (χ0v) is 15.8. The molecule has 1 aromatic heterocycles. The van der Waals surface area contributed by atoms with E-state index < -0.39 is 44.3 Å². The highest BCUT2D eigenvalue weighted by Gasteiger charge is 2.49. The van der Waals surface area contributed by atoms with E-state index in [-0.39, 0.29) is 10.7 Å². The first-order valence-electron chi connectivity index (χ1n) is 7.51. The third kappa shape index (κ3) is 4.60. The normalized spacial score (nSPS) is 11.8. The molecule has 0 fully saturated rings. The highest BCUT2D eigenvalue weighted by atomic mass is 35.5. The molecule has 28 heavy (non-hydrogen) atoms. The van der Waals surface area contributed by atoms with Crippen LogP contribution in [0.2, 0.25) is 5.02 Å². The van der Waals surface area contributed by atoms with Crippen molar-refractivity contribution in [2.24, 2.45) is 0 Å². The molecule has 0 aliphatic heterocycles. The van der Waals surface area contributed by atoms with Crippen LogP contribution in [0.25, 0.3) is 0 Å². The molecule has 0 unspecified atom stereocenters. The van der Waals surface area contributed by atoms with Gasteiger partial charge in [0.25, 0.3) is 15.7 Å². The smallest absolute Gasteiger partial charge is 0.332 e. The zero-order valence-electron chi connectivity index (χ0n) is 14.2. The number of hydrogen-bond donors (Lipinski definition) is 1. The summed E-state index contributed by atoms with van der Waals surface area (Å²) in [6.07, 6.45) is 0.819. The van der Waals surface area contributed by atoms with Gasteiger partial charge in [-0.2, -0.15) is 13.2 Å². The van der Waals surface area contributed by atoms with Gasteiger partial charge in [-0.05, 0) is 24.3 Å². The fraction of sp³-hybridized carbons (Fsp3) is 0.188. The Labute approximate surface area is 163 Å². The molecular weight excluding hydrogens is 423 g/mol. The molecule has 150 valence electrons. The minimum absolute atomic E-state index is 0.246. The van der Waals surface area contributed by atoms with E-state index >= 15 is 0 Å². The van der Waals surface area contributed by atoms with E-state index in [1.165, 1.54) is 12.1 Å². The summed E-state index contributed by atoms with van der Waals surface area (Å²) in [4.78, 5) is 28.5. The molecule has 7 nitrogen and oxygen atoms in total. The maximum Gasteiger partial charge on any atom is 0.503 e. The number of carbonyl (C=O) groups excluding carboxylic acids is 2. The number of halogens is 4. The number of sulfone groups is 1. The summed E-state index contributed by atoms with van der Waals surface area (Å²) in [5, 5.41) is 1.26. The summed E-state index contributed by atoms with van der Waals surface area (Å²) < 4.78 is 61.8. The Bertz CT molecular complexity index is 1010. The van der Waals surface area contributed by atoms with Gasteiger partial charge in [-0.15, -0.1) is 0 Å². The van der Waals surface area contributed by atoms with Gasteiger partial charge in [0.2, 0.25) is 5.91 Å². The van der Waals surface area contributed by atoms with Gasteiger partial charge in [0, 0.05) is 13.2 Å². The predicted octanol–water partition coefficient (Wildman–Crippen LogP) is 2.74. The largest absolute Gasteiger partial charge is 0.503 e. The van der Waals surface area contributed by atoms with Crippen LogP contribution in [0.15, 0.2) is 47.6 Å². The number of anilines is 1. The van der Waals surface area contributed by atoms with Gasteiger partial charge in [0.15, 0.2) is 5.03 Å². The molecule has 1 heterocycles. The second kappa shape index (κ2) is 8.15. The monoisotopic (exact) mass is 435 g/mol. The average Bonchev–Trinajstić information content (AvgIpc) is 2.62. The lowest BCUT2D eigenvalue weighted by Gasteiger charge is -2.19. The summed E-state index contributed by atoms with van der Waals surface area (Å²) >= 11 is 5.90. The molecule has 0 atom stereocenters. The molecule has 1 N–H and O–H groups in total. The van der Waals surface area contributed by atoms with Crippen LogP contribution >= 0.6 is 11.6 Å². The van der Waals surface area contributed by atoms with Crippen LogP contribution in [0, 0.1) is 0 Å². The summed E-state index contributed by atoms with van der Waals surface area (Å²) in [7, 11) is -4.71. The van der Waals surface area contributed by atoms with Crippen molar-refractivity contribution in [1.82, 2.24) is 9.88 Å². The zero-order chi connectivity index (χ0) is 21.1. The molecule has 0 aliphatic carbocycles. The number of amides is 2. The highest BCUT2D eigenvalue weighted by molar-refractivity contribution is 7.92. The number of benzene rings is 1. The number of aromatic nitrogens is 1. The summed E-state index contributed by atoms with van der Waals surface area (Å²) in [6, 6.07) is 8.28. The van der Waals surface area contributed by atoms with E-state index in [0.29, 0.717) is 0 Å². The van der Waals surface area contributed by atoms with Crippen LogP contribution in [0.3, 0.4) is 0 Å². The van der Waals surface area contributed by atoms with Crippen molar-refractivity contribution in [3.05, 3.63) is 53.2 Å². The first kappa shape index (κ1) is 21.6. The lowest BCUT2D eigenvalue weighted by atomic mass is 10.2. The molecule has 2 rings (SSSR count). The molecule has 0 saturated heterocycles. The van der Waals surface area contributed by atoms with Crippen molar-refractivity contribution in [2.45, 2.75) is 10.5 Å². The van der Waals surface area contributed by atoms with Crippen molar-refractivity contribution in [2.75, 3.05) is 18.9 Å². The van der Waals surface area contributed by atoms with E-state index in [1.807, 2.05) is 0 Å². The van der Waals surface area contributed by atoms with Gasteiger partial charge >= 0.3 is 5.51 Å². The van der Waals surface area contributed by atoms with E-state index in [0.717, 1.165) is 30.3 Å². The lowest BCUT2D eigenvalue weighted by molar-refractivity contribution is -0.116. The predicted molar refractivity (Wildman–Crippen MR) is 94.5 cm³/mol. The maximum absolute atomic E-state index is 12.8. The van der Waals surface area contributed by atoms with E-state index in [1.54, 1.807) is 12.1 Å². The van der Waals surface area contributed by atoms with Crippen LogP contribution in [0.4, 0.5) is 18.9 Å². The first-order chi connectivity index (χ1) is 12.9. The summed E-state index contributed by atoms with van der Waals surface area (Å²) in [6.45, 7) is -0.565. The minimum atomic E-state index is -5.84. The molecule has 0 saturated carbocycles. The van der Waals surface area contributed by atoms with Crippen LogP contribution in [0.5, 0.6) is 0 Å². The minimum Gasteiger partial charge on any atom is -0.332 e. The third-order valence-corrected chi connectivity index (χ3v) is 5.21. The molecule has 1 aromatic carbocycles. The standard InChI is InChI=1S/C16H13ClF3N3O4S/c1-23(9-13(24)22-12-7-3-2-6-11(12)17)15(25)10-5-4-8-21-14(10)28(26,27)16(18,19)20/h2-8H,9H2,1H3,(H,22,24). The number of pyridine rings is 1. The topological polar surface area (TPSA) is 96.4 Å². The van der Waals surface area contributed by atoms with Gasteiger partial charge in [-0.3, -0.25) is 9.59 Å².